The molecular formula is C16H15Cl2NO2. The third-order valence-electron chi connectivity index (χ3n) is 2.89. The zero-order valence-corrected chi connectivity index (χ0v) is 13.2. The number of carbonyl (C=O) groups excluding carboxylic acids is 1. The molecule has 1 atom stereocenters. The molecule has 0 radical (unpaired) electrons. The normalized spacial score (nSPS) is 11.8. The summed E-state index contributed by atoms with van der Waals surface area (Å²) < 4.78 is 5.59. The standard InChI is InChI=1S/C16H15Cl2NO2/c1-10-3-6-13(7-4-10)21-11(2)16(20)19-12-5-8-14(17)15(18)9-12/h3-9,11H,1-2H3,(H,19,20)/t11-/m1/s1. The fraction of sp³-hybridized carbons (Fsp3) is 0.188. The van der Waals surface area contributed by atoms with Gasteiger partial charge in [-0.25, -0.2) is 0 Å². The van der Waals surface area contributed by atoms with Crippen LogP contribution >= 0.6 is 23.2 Å². The Balaban J connectivity index is 1.98. The average molecular weight is 324 g/mol. The minimum atomic E-state index is -0.623. The highest BCUT2D eigenvalue weighted by molar-refractivity contribution is 6.42. The van der Waals surface area contributed by atoms with Gasteiger partial charge in [0.2, 0.25) is 0 Å². The number of nitrogens with one attached hydrogen (secondary N) is 1. The summed E-state index contributed by atoms with van der Waals surface area (Å²) in [6.45, 7) is 3.68. The molecule has 0 bridgehead atoms. The number of benzene rings is 2. The van der Waals surface area contributed by atoms with Crippen molar-refractivity contribution in [2.75, 3.05) is 5.32 Å². The van der Waals surface area contributed by atoms with Crippen LogP contribution in [0.15, 0.2) is 42.5 Å². The monoisotopic (exact) mass is 323 g/mol. The first kappa shape index (κ1) is 15.7. The molecule has 0 saturated carbocycles. The van der Waals surface area contributed by atoms with Crippen molar-refractivity contribution >= 4 is 34.8 Å². The maximum absolute atomic E-state index is 12.1. The van der Waals surface area contributed by atoms with Crippen LogP contribution in [0.5, 0.6) is 5.75 Å². The van der Waals surface area contributed by atoms with Crippen molar-refractivity contribution < 1.29 is 9.53 Å². The van der Waals surface area contributed by atoms with E-state index in [1.54, 1.807) is 25.1 Å². The second-order valence-corrected chi connectivity index (χ2v) is 5.51. The van der Waals surface area contributed by atoms with Crippen LogP contribution in [0.2, 0.25) is 10.0 Å². The molecule has 0 aliphatic carbocycles. The van der Waals surface area contributed by atoms with Crippen molar-refractivity contribution in [3.8, 4) is 5.75 Å². The Hall–Kier alpha value is -1.71. The number of rotatable bonds is 4. The molecule has 0 aliphatic heterocycles. The molecule has 5 heteroatoms. The predicted molar refractivity (Wildman–Crippen MR) is 86.4 cm³/mol. The molecule has 21 heavy (non-hydrogen) atoms. The summed E-state index contributed by atoms with van der Waals surface area (Å²) in [5.41, 5.74) is 1.71. The van der Waals surface area contributed by atoms with Crippen molar-refractivity contribution in [1.29, 1.82) is 0 Å². The molecule has 110 valence electrons. The van der Waals surface area contributed by atoms with E-state index < -0.39 is 6.10 Å². The number of hydrogen-bond donors (Lipinski definition) is 1. The highest BCUT2D eigenvalue weighted by atomic mass is 35.5. The molecule has 1 N–H and O–H groups in total. The molecule has 2 rings (SSSR count). The highest BCUT2D eigenvalue weighted by Crippen LogP contribution is 2.25. The van der Waals surface area contributed by atoms with Gasteiger partial charge in [0.05, 0.1) is 10.0 Å². The second kappa shape index (κ2) is 6.83. The smallest absolute Gasteiger partial charge is 0.265 e. The fourth-order valence-corrected chi connectivity index (χ4v) is 1.99. The highest BCUT2D eigenvalue weighted by Gasteiger charge is 2.15. The predicted octanol–water partition coefficient (Wildman–Crippen LogP) is 4.71. The van der Waals surface area contributed by atoms with Gasteiger partial charge < -0.3 is 10.1 Å². The topological polar surface area (TPSA) is 38.3 Å². The first-order valence-corrected chi connectivity index (χ1v) is 7.20. The van der Waals surface area contributed by atoms with Gasteiger partial charge in [-0.1, -0.05) is 40.9 Å². The largest absolute Gasteiger partial charge is 0.481 e. The lowest BCUT2D eigenvalue weighted by molar-refractivity contribution is -0.122. The summed E-state index contributed by atoms with van der Waals surface area (Å²) in [5, 5.41) is 3.57. The summed E-state index contributed by atoms with van der Waals surface area (Å²) in [6, 6.07) is 12.4. The van der Waals surface area contributed by atoms with Crippen molar-refractivity contribution in [2.45, 2.75) is 20.0 Å². The molecule has 0 fully saturated rings. The Morgan fingerprint density at radius 1 is 1.10 bits per heavy atom. The van der Waals surface area contributed by atoms with E-state index in [1.807, 2.05) is 31.2 Å². The quantitative estimate of drug-likeness (QED) is 0.885. The third-order valence-corrected chi connectivity index (χ3v) is 3.63. The minimum Gasteiger partial charge on any atom is -0.481 e. The Morgan fingerprint density at radius 2 is 1.76 bits per heavy atom. The summed E-state index contributed by atoms with van der Waals surface area (Å²) >= 11 is 11.7. The van der Waals surface area contributed by atoms with Gasteiger partial charge in [-0.05, 0) is 44.2 Å². The number of aryl methyl sites for hydroxylation is 1. The van der Waals surface area contributed by atoms with Crippen LogP contribution in [0.3, 0.4) is 0 Å². The Labute approximate surface area is 133 Å². The van der Waals surface area contributed by atoms with E-state index >= 15 is 0 Å². The number of halogens is 2. The molecule has 2 aromatic rings. The minimum absolute atomic E-state index is 0.256. The molecule has 0 spiro atoms. The first-order chi connectivity index (χ1) is 9.95. The average Bonchev–Trinajstić information content (AvgIpc) is 2.45. The van der Waals surface area contributed by atoms with Crippen LogP contribution in [0.25, 0.3) is 0 Å². The van der Waals surface area contributed by atoms with E-state index in [9.17, 15) is 4.79 Å². The van der Waals surface area contributed by atoms with E-state index in [2.05, 4.69) is 5.32 Å². The zero-order valence-electron chi connectivity index (χ0n) is 11.7. The van der Waals surface area contributed by atoms with Gasteiger partial charge in [-0.3, -0.25) is 4.79 Å². The maximum Gasteiger partial charge on any atom is 0.265 e. The molecule has 0 aromatic heterocycles. The molecule has 2 aromatic carbocycles. The molecular weight excluding hydrogens is 309 g/mol. The maximum atomic E-state index is 12.1. The summed E-state index contributed by atoms with van der Waals surface area (Å²) in [6.07, 6.45) is -0.623. The molecule has 0 saturated heterocycles. The van der Waals surface area contributed by atoms with E-state index in [0.29, 0.717) is 21.5 Å². The lowest BCUT2D eigenvalue weighted by Crippen LogP contribution is -2.30. The van der Waals surface area contributed by atoms with Crippen molar-refractivity contribution in [3.05, 3.63) is 58.1 Å². The van der Waals surface area contributed by atoms with Crippen LogP contribution in [0, 0.1) is 6.92 Å². The Bertz CT molecular complexity index is 641. The van der Waals surface area contributed by atoms with Gasteiger partial charge >= 0.3 is 0 Å². The Kier molecular flexibility index (Phi) is 5.10. The Morgan fingerprint density at radius 3 is 2.38 bits per heavy atom. The van der Waals surface area contributed by atoms with Gasteiger partial charge in [0, 0.05) is 5.69 Å². The van der Waals surface area contributed by atoms with E-state index in [0.717, 1.165) is 5.56 Å². The zero-order chi connectivity index (χ0) is 15.4. The molecule has 0 unspecified atom stereocenters. The fourth-order valence-electron chi connectivity index (χ4n) is 1.69. The van der Waals surface area contributed by atoms with Gasteiger partial charge in [0.15, 0.2) is 6.10 Å². The van der Waals surface area contributed by atoms with Gasteiger partial charge in [0.25, 0.3) is 5.91 Å². The first-order valence-electron chi connectivity index (χ1n) is 6.45. The van der Waals surface area contributed by atoms with Crippen LogP contribution in [0.4, 0.5) is 5.69 Å². The van der Waals surface area contributed by atoms with Gasteiger partial charge in [-0.2, -0.15) is 0 Å². The summed E-state index contributed by atoms with van der Waals surface area (Å²) in [4.78, 5) is 12.1. The number of anilines is 1. The summed E-state index contributed by atoms with van der Waals surface area (Å²) in [5.74, 6) is 0.395. The van der Waals surface area contributed by atoms with Crippen LogP contribution in [0.1, 0.15) is 12.5 Å². The van der Waals surface area contributed by atoms with E-state index in [1.165, 1.54) is 0 Å². The lowest BCUT2D eigenvalue weighted by atomic mass is 10.2. The van der Waals surface area contributed by atoms with Crippen LogP contribution in [-0.2, 0) is 4.79 Å². The second-order valence-electron chi connectivity index (χ2n) is 4.69. The number of ether oxygens (including phenoxy) is 1. The third kappa shape index (κ3) is 4.38. The van der Waals surface area contributed by atoms with Crippen molar-refractivity contribution in [3.63, 3.8) is 0 Å². The van der Waals surface area contributed by atoms with Crippen molar-refractivity contribution in [2.24, 2.45) is 0 Å². The number of hydrogen-bond acceptors (Lipinski definition) is 2. The summed E-state index contributed by atoms with van der Waals surface area (Å²) in [7, 11) is 0. The van der Waals surface area contributed by atoms with Crippen molar-refractivity contribution in [1.82, 2.24) is 0 Å². The van der Waals surface area contributed by atoms with Crippen LogP contribution < -0.4 is 10.1 Å². The molecule has 3 nitrogen and oxygen atoms in total. The van der Waals surface area contributed by atoms with E-state index in [4.69, 9.17) is 27.9 Å². The van der Waals surface area contributed by atoms with Gasteiger partial charge in [0.1, 0.15) is 5.75 Å². The lowest BCUT2D eigenvalue weighted by Gasteiger charge is -2.15. The molecule has 1 amide bonds. The molecule has 0 aliphatic rings. The number of carbonyl (C=O) groups is 1. The van der Waals surface area contributed by atoms with Gasteiger partial charge in [-0.15, -0.1) is 0 Å². The SMILES string of the molecule is Cc1ccc(O[C@H](C)C(=O)Nc2ccc(Cl)c(Cl)c2)cc1. The van der Waals surface area contributed by atoms with E-state index in [-0.39, 0.29) is 5.91 Å². The number of amides is 1. The van der Waals surface area contributed by atoms with Crippen LogP contribution in [-0.4, -0.2) is 12.0 Å². The molecule has 0 heterocycles.